The Bertz CT molecular complexity index is 550. The normalized spacial score (nSPS) is 10.2. The number of nitrogens with one attached hydrogen (secondary N) is 2. The molecule has 0 radical (unpaired) electrons. The molecule has 100 valence electrons. The van der Waals surface area contributed by atoms with E-state index in [0.29, 0.717) is 30.4 Å². The molecule has 0 aliphatic rings. The van der Waals surface area contributed by atoms with Crippen LogP contribution in [0.3, 0.4) is 0 Å². The van der Waals surface area contributed by atoms with Crippen LogP contribution in [-0.2, 0) is 6.42 Å². The Morgan fingerprint density at radius 2 is 2.26 bits per heavy atom. The molecule has 0 aliphatic heterocycles. The average Bonchev–Trinajstić information content (AvgIpc) is 2.84. The molecule has 0 saturated carbocycles. The van der Waals surface area contributed by atoms with Crippen LogP contribution in [0.4, 0.5) is 5.69 Å². The van der Waals surface area contributed by atoms with Gasteiger partial charge >= 0.3 is 0 Å². The average molecular weight is 261 g/mol. The van der Waals surface area contributed by atoms with Crippen molar-refractivity contribution in [3.63, 3.8) is 0 Å². The number of pyridine rings is 1. The topological polar surface area (TPSA) is 92.9 Å². The van der Waals surface area contributed by atoms with Crippen molar-refractivity contribution in [1.82, 2.24) is 20.4 Å². The van der Waals surface area contributed by atoms with E-state index in [9.17, 15) is 4.79 Å². The fourth-order valence-electron chi connectivity index (χ4n) is 1.49. The van der Waals surface area contributed by atoms with Gasteiger partial charge < -0.3 is 15.2 Å². The second-order valence-corrected chi connectivity index (χ2v) is 3.92. The summed E-state index contributed by atoms with van der Waals surface area (Å²) in [4.78, 5) is 19.9. The van der Waals surface area contributed by atoms with Crippen LogP contribution in [0.2, 0.25) is 0 Å². The zero-order valence-corrected chi connectivity index (χ0v) is 10.8. The summed E-state index contributed by atoms with van der Waals surface area (Å²) in [6, 6.07) is 3.46. The summed E-state index contributed by atoms with van der Waals surface area (Å²) in [7, 11) is 1.79. The van der Waals surface area contributed by atoms with Crippen LogP contribution in [0.5, 0.6) is 0 Å². The molecule has 2 aromatic rings. The van der Waals surface area contributed by atoms with Crippen LogP contribution in [0.1, 0.15) is 22.2 Å². The Morgan fingerprint density at radius 1 is 1.42 bits per heavy atom. The van der Waals surface area contributed by atoms with Crippen molar-refractivity contribution in [2.75, 3.05) is 18.9 Å². The molecule has 0 spiro atoms. The summed E-state index contributed by atoms with van der Waals surface area (Å²) in [6.07, 6.45) is 2.11. The van der Waals surface area contributed by atoms with Crippen LogP contribution >= 0.6 is 0 Å². The third kappa shape index (κ3) is 3.51. The number of rotatable bonds is 5. The van der Waals surface area contributed by atoms with Crippen LogP contribution in [0, 0.1) is 6.92 Å². The van der Waals surface area contributed by atoms with Crippen molar-refractivity contribution < 1.29 is 9.32 Å². The van der Waals surface area contributed by atoms with Gasteiger partial charge in [0.2, 0.25) is 5.89 Å². The molecule has 0 aliphatic carbocycles. The molecule has 7 nitrogen and oxygen atoms in total. The lowest BCUT2D eigenvalue weighted by atomic mass is 10.3. The van der Waals surface area contributed by atoms with Crippen molar-refractivity contribution >= 4 is 11.6 Å². The number of carbonyl (C=O) groups is 1. The SMILES string of the molecule is CNc1ccc(C(=O)NCCc2nc(C)no2)nc1. The summed E-state index contributed by atoms with van der Waals surface area (Å²) in [5.74, 6) is 0.876. The van der Waals surface area contributed by atoms with E-state index in [-0.39, 0.29) is 5.91 Å². The number of nitrogens with zero attached hydrogens (tertiary/aromatic N) is 3. The molecule has 1 amide bonds. The van der Waals surface area contributed by atoms with E-state index in [1.54, 1.807) is 32.3 Å². The Hall–Kier alpha value is -2.44. The summed E-state index contributed by atoms with van der Waals surface area (Å²) < 4.78 is 4.95. The molecule has 2 aromatic heterocycles. The lowest BCUT2D eigenvalue weighted by Crippen LogP contribution is -2.26. The molecule has 19 heavy (non-hydrogen) atoms. The summed E-state index contributed by atoms with van der Waals surface area (Å²) >= 11 is 0. The lowest BCUT2D eigenvalue weighted by Gasteiger charge is -2.04. The van der Waals surface area contributed by atoms with E-state index in [0.717, 1.165) is 5.69 Å². The molecule has 2 heterocycles. The van der Waals surface area contributed by atoms with Crippen molar-refractivity contribution in [3.8, 4) is 0 Å². The zero-order chi connectivity index (χ0) is 13.7. The number of carbonyl (C=O) groups excluding carboxylic acids is 1. The number of aryl methyl sites for hydroxylation is 1. The number of amides is 1. The zero-order valence-electron chi connectivity index (χ0n) is 10.8. The first-order chi connectivity index (χ1) is 9.19. The van der Waals surface area contributed by atoms with Gasteiger partial charge in [-0.3, -0.25) is 4.79 Å². The van der Waals surface area contributed by atoms with Gasteiger partial charge in [-0.25, -0.2) is 4.98 Å². The molecule has 2 N–H and O–H groups in total. The number of aromatic nitrogens is 3. The highest BCUT2D eigenvalue weighted by Gasteiger charge is 2.08. The van der Waals surface area contributed by atoms with Gasteiger partial charge in [-0.1, -0.05) is 5.16 Å². The molecular weight excluding hydrogens is 246 g/mol. The summed E-state index contributed by atoms with van der Waals surface area (Å²) in [5, 5.41) is 9.36. The van der Waals surface area contributed by atoms with Gasteiger partial charge in [0.1, 0.15) is 5.69 Å². The van der Waals surface area contributed by atoms with E-state index in [4.69, 9.17) is 4.52 Å². The number of anilines is 1. The molecule has 0 fully saturated rings. The molecule has 0 bridgehead atoms. The Kier molecular flexibility index (Phi) is 4.07. The molecule has 0 saturated heterocycles. The smallest absolute Gasteiger partial charge is 0.269 e. The standard InChI is InChI=1S/C12H15N5O2/c1-8-16-11(19-17-8)5-6-14-12(18)10-4-3-9(13-2)7-15-10/h3-4,7,13H,5-6H2,1-2H3,(H,14,18). The largest absolute Gasteiger partial charge is 0.387 e. The minimum absolute atomic E-state index is 0.223. The fourth-order valence-corrected chi connectivity index (χ4v) is 1.49. The molecule has 0 atom stereocenters. The van der Waals surface area contributed by atoms with Crippen LogP contribution in [0.15, 0.2) is 22.9 Å². The predicted octanol–water partition coefficient (Wildman–Crippen LogP) is 0.787. The highest BCUT2D eigenvalue weighted by molar-refractivity contribution is 5.92. The van der Waals surface area contributed by atoms with E-state index in [2.05, 4.69) is 25.8 Å². The van der Waals surface area contributed by atoms with Gasteiger partial charge in [0.25, 0.3) is 5.91 Å². The van der Waals surface area contributed by atoms with E-state index < -0.39 is 0 Å². The van der Waals surface area contributed by atoms with Crippen LogP contribution in [0.25, 0.3) is 0 Å². The maximum Gasteiger partial charge on any atom is 0.269 e. The minimum Gasteiger partial charge on any atom is -0.387 e. The Labute approximate surface area is 110 Å². The Balaban J connectivity index is 1.83. The molecule has 0 aromatic carbocycles. The van der Waals surface area contributed by atoms with Gasteiger partial charge in [-0.2, -0.15) is 4.98 Å². The minimum atomic E-state index is -0.223. The molecular formula is C12H15N5O2. The van der Waals surface area contributed by atoms with Crippen molar-refractivity contribution in [1.29, 1.82) is 0 Å². The first-order valence-corrected chi connectivity index (χ1v) is 5.90. The Morgan fingerprint density at radius 3 is 2.84 bits per heavy atom. The molecule has 7 heteroatoms. The summed E-state index contributed by atoms with van der Waals surface area (Å²) in [5.41, 5.74) is 1.23. The van der Waals surface area contributed by atoms with Crippen molar-refractivity contribution in [2.24, 2.45) is 0 Å². The lowest BCUT2D eigenvalue weighted by molar-refractivity contribution is 0.0948. The first-order valence-electron chi connectivity index (χ1n) is 5.90. The van der Waals surface area contributed by atoms with E-state index in [1.807, 2.05) is 0 Å². The van der Waals surface area contributed by atoms with Gasteiger partial charge in [0.05, 0.1) is 11.9 Å². The maximum atomic E-state index is 11.8. The first kappa shape index (κ1) is 13.0. The fraction of sp³-hybridized carbons (Fsp3) is 0.333. The highest BCUT2D eigenvalue weighted by atomic mass is 16.5. The monoisotopic (exact) mass is 261 g/mol. The quantitative estimate of drug-likeness (QED) is 0.826. The van der Waals surface area contributed by atoms with Gasteiger partial charge in [0, 0.05) is 20.0 Å². The number of hydrogen-bond acceptors (Lipinski definition) is 6. The second-order valence-electron chi connectivity index (χ2n) is 3.92. The molecule has 0 unspecified atom stereocenters. The van der Waals surface area contributed by atoms with Gasteiger partial charge in [0.15, 0.2) is 5.82 Å². The third-order valence-corrected chi connectivity index (χ3v) is 2.48. The van der Waals surface area contributed by atoms with E-state index >= 15 is 0 Å². The molecule has 2 rings (SSSR count). The van der Waals surface area contributed by atoms with E-state index in [1.165, 1.54) is 0 Å². The van der Waals surface area contributed by atoms with Gasteiger partial charge in [-0.15, -0.1) is 0 Å². The van der Waals surface area contributed by atoms with Crippen molar-refractivity contribution in [3.05, 3.63) is 35.7 Å². The maximum absolute atomic E-state index is 11.8. The predicted molar refractivity (Wildman–Crippen MR) is 68.9 cm³/mol. The third-order valence-electron chi connectivity index (χ3n) is 2.48. The van der Waals surface area contributed by atoms with Gasteiger partial charge in [-0.05, 0) is 19.1 Å². The highest BCUT2D eigenvalue weighted by Crippen LogP contribution is 2.04. The second kappa shape index (κ2) is 5.94. The van der Waals surface area contributed by atoms with Crippen LogP contribution < -0.4 is 10.6 Å². The van der Waals surface area contributed by atoms with Crippen LogP contribution in [-0.4, -0.2) is 34.6 Å². The number of hydrogen-bond donors (Lipinski definition) is 2. The van der Waals surface area contributed by atoms with Crippen molar-refractivity contribution in [2.45, 2.75) is 13.3 Å². The summed E-state index contributed by atoms with van der Waals surface area (Å²) in [6.45, 7) is 2.18.